The number of aromatic amines is 1. The number of nitrogens with one attached hydrogen (secondary N) is 1. The van der Waals surface area contributed by atoms with Gasteiger partial charge in [-0.2, -0.15) is 0 Å². The predicted octanol–water partition coefficient (Wildman–Crippen LogP) is 2.07. The number of hydrogen-bond acceptors (Lipinski definition) is 2. The van der Waals surface area contributed by atoms with Crippen LogP contribution in [0.25, 0.3) is 10.9 Å². The van der Waals surface area contributed by atoms with Crippen LogP contribution < -0.4 is 5.73 Å². The molecule has 2 rings (SSSR count). The van der Waals surface area contributed by atoms with Gasteiger partial charge in [0.1, 0.15) is 0 Å². The van der Waals surface area contributed by atoms with Crippen molar-refractivity contribution in [2.45, 2.75) is 19.9 Å². The van der Waals surface area contributed by atoms with E-state index in [1.54, 1.807) is 0 Å². The number of aromatic nitrogens is 1. The SMILES string of the molecule is CC(=O)C(N)c1c(C)[nH]c2ccccc12. The Morgan fingerprint density at radius 3 is 2.73 bits per heavy atom. The van der Waals surface area contributed by atoms with E-state index < -0.39 is 6.04 Å². The molecule has 0 saturated carbocycles. The van der Waals surface area contributed by atoms with Gasteiger partial charge in [-0.1, -0.05) is 18.2 Å². The number of ketones is 1. The van der Waals surface area contributed by atoms with Crippen LogP contribution in [-0.2, 0) is 4.79 Å². The first kappa shape index (κ1) is 9.93. The third-order valence-corrected chi connectivity index (χ3v) is 2.69. The van der Waals surface area contributed by atoms with Gasteiger partial charge in [-0.15, -0.1) is 0 Å². The highest BCUT2D eigenvalue weighted by atomic mass is 16.1. The molecule has 1 heterocycles. The van der Waals surface area contributed by atoms with Gasteiger partial charge in [-0.25, -0.2) is 0 Å². The second-order valence-electron chi connectivity index (χ2n) is 3.80. The van der Waals surface area contributed by atoms with Gasteiger partial charge < -0.3 is 10.7 Å². The molecule has 0 aliphatic carbocycles. The summed E-state index contributed by atoms with van der Waals surface area (Å²) in [5.74, 6) is -0.0112. The van der Waals surface area contributed by atoms with E-state index in [1.165, 1.54) is 6.92 Å². The van der Waals surface area contributed by atoms with Gasteiger partial charge in [0, 0.05) is 22.2 Å². The van der Waals surface area contributed by atoms with Gasteiger partial charge in [0.15, 0.2) is 5.78 Å². The van der Waals surface area contributed by atoms with E-state index in [1.807, 2.05) is 31.2 Å². The zero-order valence-corrected chi connectivity index (χ0v) is 8.87. The van der Waals surface area contributed by atoms with Crippen LogP contribution >= 0.6 is 0 Å². The van der Waals surface area contributed by atoms with Gasteiger partial charge >= 0.3 is 0 Å². The molecule has 0 aliphatic heterocycles. The highest BCUT2D eigenvalue weighted by Crippen LogP contribution is 2.26. The molecule has 0 fully saturated rings. The van der Waals surface area contributed by atoms with Crippen LogP contribution in [0, 0.1) is 6.92 Å². The second kappa shape index (κ2) is 3.51. The Balaban J connectivity index is 2.68. The molecule has 3 N–H and O–H groups in total. The molecule has 0 aliphatic rings. The van der Waals surface area contributed by atoms with Crippen molar-refractivity contribution in [3.05, 3.63) is 35.5 Å². The Hall–Kier alpha value is -1.61. The van der Waals surface area contributed by atoms with E-state index >= 15 is 0 Å². The van der Waals surface area contributed by atoms with Crippen molar-refractivity contribution in [1.82, 2.24) is 4.98 Å². The minimum Gasteiger partial charge on any atom is -0.358 e. The van der Waals surface area contributed by atoms with Crippen LogP contribution in [0.2, 0.25) is 0 Å². The summed E-state index contributed by atoms with van der Waals surface area (Å²) in [6.45, 7) is 3.46. The molecule has 3 nitrogen and oxygen atoms in total. The molecule has 0 spiro atoms. The molecule has 1 aromatic carbocycles. The quantitative estimate of drug-likeness (QED) is 0.783. The molecular weight excluding hydrogens is 188 g/mol. The Labute approximate surface area is 88.3 Å². The van der Waals surface area contributed by atoms with E-state index in [0.29, 0.717) is 0 Å². The maximum atomic E-state index is 11.3. The van der Waals surface area contributed by atoms with Crippen molar-refractivity contribution in [2.24, 2.45) is 5.73 Å². The van der Waals surface area contributed by atoms with E-state index in [0.717, 1.165) is 22.2 Å². The van der Waals surface area contributed by atoms with E-state index in [-0.39, 0.29) is 5.78 Å². The lowest BCUT2D eigenvalue weighted by Gasteiger charge is -2.07. The lowest BCUT2D eigenvalue weighted by Crippen LogP contribution is -2.19. The number of benzene rings is 1. The van der Waals surface area contributed by atoms with Crippen molar-refractivity contribution in [3.63, 3.8) is 0 Å². The van der Waals surface area contributed by atoms with E-state index in [9.17, 15) is 4.79 Å². The third kappa shape index (κ3) is 1.55. The number of hydrogen-bond donors (Lipinski definition) is 2. The van der Waals surface area contributed by atoms with E-state index in [2.05, 4.69) is 4.98 Å². The predicted molar refractivity (Wildman–Crippen MR) is 60.6 cm³/mol. The normalized spacial score (nSPS) is 13.0. The zero-order valence-electron chi connectivity index (χ0n) is 8.87. The first-order valence-corrected chi connectivity index (χ1v) is 4.94. The fourth-order valence-electron chi connectivity index (χ4n) is 1.90. The number of fused-ring (bicyclic) bond motifs is 1. The molecule has 1 aromatic heterocycles. The summed E-state index contributed by atoms with van der Waals surface area (Å²) in [4.78, 5) is 14.5. The number of carbonyl (C=O) groups is 1. The number of aryl methyl sites for hydroxylation is 1. The number of H-pyrrole nitrogens is 1. The van der Waals surface area contributed by atoms with Gasteiger partial charge in [-0.05, 0) is 19.9 Å². The number of Topliss-reactive ketones (excluding diaryl/α,β-unsaturated/α-hetero) is 1. The van der Waals surface area contributed by atoms with Crippen molar-refractivity contribution < 1.29 is 4.79 Å². The average molecular weight is 202 g/mol. The van der Waals surface area contributed by atoms with Crippen molar-refractivity contribution in [2.75, 3.05) is 0 Å². The Morgan fingerprint density at radius 2 is 2.07 bits per heavy atom. The Kier molecular flexibility index (Phi) is 2.32. The lowest BCUT2D eigenvalue weighted by molar-refractivity contribution is -0.118. The minimum atomic E-state index is -0.527. The molecule has 2 aromatic rings. The fraction of sp³-hybridized carbons (Fsp3) is 0.250. The standard InChI is InChI=1S/C12H14N2O/c1-7-11(12(13)8(2)15)9-5-3-4-6-10(9)14-7/h3-6,12,14H,13H2,1-2H3. The molecule has 0 saturated heterocycles. The molecule has 0 amide bonds. The topological polar surface area (TPSA) is 58.9 Å². The summed E-state index contributed by atoms with van der Waals surface area (Å²) in [5, 5.41) is 1.04. The van der Waals surface area contributed by atoms with Crippen LogP contribution in [-0.4, -0.2) is 10.8 Å². The molecule has 15 heavy (non-hydrogen) atoms. The Morgan fingerprint density at radius 1 is 1.40 bits per heavy atom. The number of para-hydroxylation sites is 1. The minimum absolute atomic E-state index is 0.0112. The van der Waals surface area contributed by atoms with Crippen LogP contribution in [0.15, 0.2) is 24.3 Å². The average Bonchev–Trinajstić information content (AvgIpc) is 2.52. The van der Waals surface area contributed by atoms with Crippen molar-refractivity contribution in [1.29, 1.82) is 0 Å². The molecule has 1 atom stereocenters. The maximum absolute atomic E-state index is 11.3. The van der Waals surface area contributed by atoms with E-state index in [4.69, 9.17) is 5.73 Å². The largest absolute Gasteiger partial charge is 0.358 e. The summed E-state index contributed by atoms with van der Waals surface area (Å²) in [6.07, 6.45) is 0. The summed E-state index contributed by atoms with van der Waals surface area (Å²) < 4.78 is 0. The first-order chi connectivity index (χ1) is 7.11. The van der Waals surface area contributed by atoms with Crippen molar-refractivity contribution >= 4 is 16.7 Å². The highest BCUT2D eigenvalue weighted by molar-refractivity contribution is 5.92. The van der Waals surface area contributed by atoms with Gasteiger partial charge in [0.25, 0.3) is 0 Å². The Bertz CT molecular complexity index is 513. The molecule has 78 valence electrons. The number of rotatable bonds is 2. The van der Waals surface area contributed by atoms with Crippen LogP contribution in [0.3, 0.4) is 0 Å². The maximum Gasteiger partial charge on any atom is 0.151 e. The smallest absolute Gasteiger partial charge is 0.151 e. The van der Waals surface area contributed by atoms with Gasteiger partial charge in [0.2, 0.25) is 0 Å². The third-order valence-electron chi connectivity index (χ3n) is 2.69. The van der Waals surface area contributed by atoms with Gasteiger partial charge in [-0.3, -0.25) is 4.79 Å². The van der Waals surface area contributed by atoms with Crippen LogP contribution in [0.1, 0.15) is 24.2 Å². The highest BCUT2D eigenvalue weighted by Gasteiger charge is 2.18. The summed E-state index contributed by atoms with van der Waals surface area (Å²) in [7, 11) is 0. The summed E-state index contributed by atoms with van der Waals surface area (Å²) >= 11 is 0. The number of carbonyl (C=O) groups excluding carboxylic acids is 1. The zero-order chi connectivity index (χ0) is 11.0. The fourth-order valence-corrected chi connectivity index (χ4v) is 1.90. The monoisotopic (exact) mass is 202 g/mol. The van der Waals surface area contributed by atoms with Crippen molar-refractivity contribution in [3.8, 4) is 0 Å². The number of nitrogens with two attached hydrogens (primary N) is 1. The molecular formula is C12H14N2O. The summed E-state index contributed by atoms with van der Waals surface area (Å²) in [6, 6.07) is 7.35. The molecule has 0 radical (unpaired) electrons. The van der Waals surface area contributed by atoms with Gasteiger partial charge in [0.05, 0.1) is 6.04 Å². The molecule has 0 bridgehead atoms. The van der Waals surface area contributed by atoms with Crippen LogP contribution in [0.5, 0.6) is 0 Å². The summed E-state index contributed by atoms with van der Waals surface area (Å²) in [5.41, 5.74) is 8.80. The van der Waals surface area contributed by atoms with Crippen LogP contribution in [0.4, 0.5) is 0 Å². The lowest BCUT2D eigenvalue weighted by atomic mass is 10.0. The second-order valence-corrected chi connectivity index (χ2v) is 3.80. The first-order valence-electron chi connectivity index (χ1n) is 4.94. The molecule has 3 heteroatoms. The molecule has 1 unspecified atom stereocenters.